The van der Waals surface area contributed by atoms with Gasteiger partial charge in [0.2, 0.25) is 0 Å². The third kappa shape index (κ3) is 4.31. The van der Waals surface area contributed by atoms with Crippen LogP contribution >= 0.6 is 23.2 Å². The number of methoxy groups -OCH3 is 1. The van der Waals surface area contributed by atoms with Crippen LogP contribution in [0, 0.1) is 6.92 Å². The van der Waals surface area contributed by atoms with E-state index in [0.717, 1.165) is 16.7 Å². The van der Waals surface area contributed by atoms with Gasteiger partial charge in [-0.15, -0.1) is 0 Å². The van der Waals surface area contributed by atoms with Gasteiger partial charge in [0.25, 0.3) is 6.43 Å². The number of nitrogens with zero attached hydrogens (tertiary/aromatic N) is 3. The van der Waals surface area contributed by atoms with Gasteiger partial charge in [0, 0.05) is 41.9 Å². The van der Waals surface area contributed by atoms with Crippen LogP contribution in [0.25, 0.3) is 0 Å². The first-order chi connectivity index (χ1) is 13.3. The Morgan fingerprint density at radius 2 is 2.07 bits per heavy atom. The average molecular weight is 431 g/mol. The molecule has 1 aromatic carbocycles. The van der Waals surface area contributed by atoms with E-state index >= 15 is 0 Å². The van der Waals surface area contributed by atoms with Gasteiger partial charge in [-0.3, -0.25) is 4.90 Å². The lowest BCUT2D eigenvalue weighted by molar-refractivity contribution is 0.0461. The molecule has 1 atom stereocenters. The van der Waals surface area contributed by atoms with Crippen molar-refractivity contribution in [1.29, 1.82) is 0 Å². The summed E-state index contributed by atoms with van der Waals surface area (Å²) in [5.74, 6) is 1.33. The molecule has 3 rings (SSSR count). The molecule has 1 saturated heterocycles. The smallest absolute Gasteiger partial charge is 0.251 e. The molecule has 0 amide bonds. The second-order valence-electron chi connectivity index (χ2n) is 6.94. The highest BCUT2D eigenvalue weighted by atomic mass is 35.5. The molecule has 1 fully saturated rings. The van der Waals surface area contributed by atoms with Crippen LogP contribution in [0.3, 0.4) is 0 Å². The summed E-state index contributed by atoms with van der Waals surface area (Å²) in [5, 5.41) is 4.16. The normalized spacial score (nSPS) is 16.1. The van der Waals surface area contributed by atoms with E-state index in [9.17, 15) is 8.78 Å². The number of aromatic nitrogens is 2. The molecule has 0 bridgehead atoms. The lowest BCUT2D eigenvalue weighted by Crippen LogP contribution is -2.47. The van der Waals surface area contributed by atoms with Gasteiger partial charge >= 0.3 is 0 Å². The standard InChI is InChI=1S/C19H22Cl2F2N4O/c1-10-5-24-9-25-19(10)26-11(2)13-4-14(20)17(21)16(18(13)28-3)12-6-27(7-12)8-15(22)23/h4-5,9,11-12,15H,6-8H2,1-3H3,(H,24,25,26). The van der Waals surface area contributed by atoms with E-state index in [1.807, 2.05) is 13.8 Å². The number of aryl methyl sites for hydroxylation is 1. The van der Waals surface area contributed by atoms with Crippen molar-refractivity contribution < 1.29 is 13.5 Å². The summed E-state index contributed by atoms with van der Waals surface area (Å²) in [7, 11) is 1.57. The fourth-order valence-corrected chi connectivity index (χ4v) is 4.01. The number of hydrogen-bond acceptors (Lipinski definition) is 5. The Balaban J connectivity index is 1.90. The Bertz CT molecular complexity index is 847. The minimum Gasteiger partial charge on any atom is -0.496 e. The van der Waals surface area contributed by atoms with Crippen LogP contribution in [0.15, 0.2) is 18.6 Å². The van der Waals surface area contributed by atoms with Gasteiger partial charge in [-0.2, -0.15) is 0 Å². The molecule has 1 N–H and O–H groups in total. The second-order valence-corrected chi connectivity index (χ2v) is 7.72. The fraction of sp³-hybridized carbons (Fsp3) is 0.474. The lowest BCUT2D eigenvalue weighted by atomic mass is 9.88. The first-order valence-electron chi connectivity index (χ1n) is 8.91. The van der Waals surface area contributed by atoms with Gasteiger partial charge in [-0.25, -0.2) is 18.7 Å². The van der Waals surface area contributed by atoms with Crippen LogP contribution in [0.4, 0.5) is 14.6 Å². The van der Waals surface area contributed by atoms with Crippen molar-refractivity contribution in [2.45, 2.75) is 32.2 Å². The van der Waals surface area contributed by atoms with E-state index in [1.54, 1.807) is 24.3 Å². The largest absolute Gasteiger partial charge is 0.496 e. The Kier molecular flexibility index (Phi) is 6.58. The van der Waals surface area contributed by atoms with Crippen LogP contribution < -0.4 is 10.1 Å². The Morgan fingerprint density at radius 1 is 1.36 bits per heavy atom. The summed E-state index contributed by atoms with van der Waals surface area (Å²) in [6.07, 6.45) is 0.852. The van der Waals surface area contributed by atoms with Crippen LogP contribution in [0.5, 0.6) is 5.75 Å². The third-order valence-corrected chi connectivity index (χ3v) is 5.72. The molecule has 2 heterocycles. The molecule has 0 radical (unpaired) electrons. The molecular weight excluding hydrogens is 409 g/mol. The molecule has 0 saturated carbocycles. The number of rotatable bonds is 7. The summed E-state index contributed by atoms with van der Waals surface area (Å²) < 4.78 is 30.9. The van der Waals surface area contributed by atoms with Crippen molar-refractivity contribution in [3.63, 3.8) is 0 Å². The zero-order chi connectivity index (χ0) is 20.4. The Hall–Kier alpha value is -1.70. The minimum absolute atomic E-state index is 0.00774. The first-order valence-corrected chi connectivity index (χ1v) is 9.66. The molecule has 1 aliphatic rings. The van der Waals surface area contributed by atoms with Crippen molar-refractivity contribution in [1.82, 2.24) is 14.9 Å². The summed E-state index contributed by atoms with van der Waals surface area (Å²) in [5.41, 5.74) is 2.51. The monoisotopic (exact) mass is 430 g/mol. The van der Waals surface area contributed by atoms with Crippen molar-refractivity contribution in [2.24, 2.45) is 0 Å². The zero-order valence-corrected chi connectivity index (χ0v) is 17.4. The van der Waals surface area contributed by atoms with Gasteiger partial charge in [-0.05, 0) is 19.9 Å². The average Bonchev–Trinajstić information content (AvgIpc) is 2.61. The number of anilines is 1. The number of nitrogens with one attached hydrogen (secondary N) is 1. The molecule has 152 valence electrons. The number of halogens is 4. The van der Waals surface area contributed by atoms with Crippen LogP contribution in [-0.2, 0) is 0 Å². The van der Waals surface area contributed by atoms with Gasteiger partial charge < -0.3 is 10.1 Å². The molecule has 2 aromatic rings. The highest BCUT2D eigenvalue weighted by molar-refractivity contribution is 6.42. The summed E-state index contributed by atoms with van der Waals surface area (Å²) >= 11 is 12.9. The summed E-state index contributed by atoms with van der Waals surface area (Å²) in [4.78, 5) is 9.95. The Morgan fingerprint density at radius 3 is 2.68 bits per heavy atom. The SMILES string of the molecule is COc1c(C(C)Nc2ncncc2C)cc(Cl)c(Cl)c1C1CN(CC(F)F)C1. The predicted octanol–water partition coefficient (Wildman–Crippen LogP) is 4.94. The van der Waals surface area contributed by atoms with Gasteiger partial charge in [0.15, 0.2) is 0 Å². The molecule has 1 aliphatic heterocycles. The van der Waals surface area contributed by atoms with Gasteiger partial charge in [-0.1, -0.05) is 23.2 Å². The quantitative estimate of drug-likeness (QED) is 0.673. The molecule has 28 heavy (non-hydrogen) atoms. The molecular formula is C19H22Cl2F2N4O. The van der Waals surface area contributed by atoms with Crippen molar-refractivity contribution in [2.75, 3.05) is 32.1 Å². The molecule has 9 heteroatoms. The summed E-state index contributed by atoms with van der Waals surface area (Å²) in [6.45, 7) is 4.63. The van der Waals surface area contributed by atoms with Gasteiger partial charge in [0.05, 0.1) is 29.7 Å². The maximum atomic E-state index is 12.6. The topological polar surface area (TPSA) is 50.3 Å². The molecule has 5 nitrogen and oxygen atoms in total. The van der Waals surface area contributed by atoms with E-state index in [-0.39, 0.29) is 18.5 Å². The molecule has 0 spiro atoms. The molecule has 1 unspecified atom stereocenters. The maximum Gasteiger partial charge on any atom is 0.251 e. The van der Waals surface area contributed by atoms with Crippen LogP contribution in [0.1, 0.15) is 35.6 Å². The number of ether oxygens (including phenoxy) is 1. The van der Waals surface area contributed by atoms with Crippen LogP contribution in [-0.4, -0.2) is 48.0 Å². The Labute approximate surface area is 173 Å². The fourth-order valence-electron chi connectivity index (χ4n) is 3.49. The summed E-state index contributed by atoms with van der Waals surface area (Å²) in [6, 6.07) is 1.60. The maximum absolute atomic E-state index is 12.6. The van der Waals surface area contributed by atoms with Crippen LogP contribution in [0.2, 0.25) is 10.0 Å². The number of benzene rings is 1. The minimum atomic E-state index is -2.35. The number of likely N-dealkylation sites (tertiary alicyclic amines) is 1. The number of hydrogen-bond donors (Lipinski definition) is 1. The highest BCUT2D eigenvalue weighted by Gasteiger charge is 2.35. The molecule has 0 aliphatic carbocycles. The van der Waals surface area contributed by atoms with E-state index in [0.29, 0.717) is 34.7 Å². The highest BCUT2D eigenvalue weighted by Crippen LogP contribution is 2.46. The number of alkyl halides is 2. The van der Waals surface area contributed by atoms with Crippen molar-refractivity contribution in [3.05, 3.63) is 45.3 Å². The van der Waals surface area contributed by atoms with E-state index in [4.69, 9.17) is 27.9 Å². The van der Waals surface area contributed by atoms with Crippen molar-refractivity contribution >= 4 is 29.0 Å². The van der Waals surface area contributed by atoms with E-state index in [1.165, 1.54) is 6.33 Å². The molecule has 1 aromatic heterocycles. The first kappa shape index (κ1) is 21.0. The van der Waals surface area contributed by atoms with Crippen molar-refractivity contribution in [3.8, 4) is 5.75 Å². The second kappa shape index (κ2) is 8.76. The lowest BCUT2D eigenvalue weighted by Gasteiger charge is -2.40. The van der Waals surface area contributed by atoms with E-state index < -0.39 is 6.43 Å². The van der Waals surface area contributed by atoms with Gasteiger partial charge in [0.1, 0.15) is 17.9 Å². The van der Waals surface area contributed by atoms with E-state index in [2.05, 4.69) is 15.3 Å². The predicted molar refractivity (Wildman–Crippen MR) is 107 cm³/mol. The zero-order valence-electron chi connectivity index (χ0n) is 15.8. The third-order valence-electron chi connectivity index (χ3n) is 4.92.